The predicted octanol–water partition coefficient (Wildman–Crippen LogP) is 2.88. The first-order chi connectivity index (χ1) is 17.4. The molecule has 8 atom stereocenters. The molecule has 3 rings (SSSR count). The molecule has 0 aromatic carbocycles. The van der Waals surface area contributed by atoms with Crippen molar-refractivity contribution in [2.45, 2.75) is 109 Å². The highest BCUT2D eigenvalue weighted by Gasteiger charge is 2.51. The van der Waals surface area contributed by atoms with Crippen molar-refractivity contribution in [3.63, 3.8) is 0 Å². The normalized spacial score (nSPS) is 35.0. The number of esters is 1. The highest BCUT2D eigenvalue weighted by molar-refractivity contribution is 5.87. The number of allylic oxidation sites excluding steroid dienone is 2. The van der Waals surface area contributed by atoms with Gasteiger partial charge in [-0.2, -0.15) is 0 Å². The van der Waals surface area contributed by atoms with Crippen LogP contribution in [0.5, 0.6) is 0 Å². The number of amides is 2. The number of epoxide rings is 1. The first-order valence-corrected chi connectivity index (χ1v) is 13.2. The maximum Gasteiger partial charge on any atom is 0.303 e. The molecule has 37 heavy (non-hydrogen) atoms. The van der Waals surface area contributed by atoms with Crippen LogP contribution >= 0.6 is 0 Å². The van der Waals surface area contributed by atoms with Crippen molar-refractivity contribution in [3.05, 3.63) is 36.0 Å². The molecule has 0 saturated carbocycles. The average Bonchev–Trinajstić information content (AvgIpc) is 3.54. The molecule has 3 fully saturated rings. The Kier molecular flexibility index (Phi) is 10.1. The van der Waals surface area contributed by atoms with Gasteiger partial charge in [0.1, 0.15) is 6.10 Å². The van der Waals surface area contributed by atoms with E-state index in [0.717, 1.165) is 31.3 Å². The molecule has 9 nitrogen and oxygen atoms in total. The third kappa shape index (κ3) is 9.39. The molecular formula is C28H42N2O7. The lowest BCUT2D eigenvalue weighted by molar-refractivity contribution is -0.143. The maximum atomic E-state index is 12.3. The summed E-state index contributed by atoms with van der Waals surface area (Å²) in [7, 11) is 0. The fourth-order valence-corrected chi connectivity index (χ4v) is 5.10. The summed E-state index contributed by atoms with van der Waals surface area (Å²) in [6.45, 7) is 9.91. The molecule has 0 radical (unpaired) electrons. The van der Waals surface area contributed by atoms with Gasteiger partial charge in [0.25, 0.3) is 0 Å². The number of hydrogen-bond acceptors (Lipinski definition) is 7. The summed E-state index contributed by atoms with van der Waals surface area (Å²) in [5.74, 6) is -0.706. The molecule has 3 heterocycles. The Labute approximate surface area is 219 Å². The molecular weight excluding hydrogens is 476 g/mol. The average molecular weight is 519 g/mol. The highest BCUT2D eigenvalue weighted by atomic mass is 16.6. The summed E-state index contributed by atoms with van der Waals surface area (Å²) >= 11 is 0. The second kappa shape index (κ2) is 12.8. The lowest BCUT2D eigenvalue weighted by atomic mass is 9.88. The van der Waals surface area contributed by atoms with Gasteiger partial charge in [0, 0.05) is 25.8 Å². The van der Waals surface area contributed by atoms with Gasteiger partial charge in [-0.25, -0.2) is 0 Å². The van der Waals surface area contributed by atoms with E-state index in [1.807, 2.05) is 19.9 Å². The van der Waals surface area contributed by atoms with Gasteiger partial charge >= 0.3 is 5.97 Å². The lowest BCUT2D eigenvalue weighted by Crippen LogP contribution is -2.50. The van der Waals surface area contributed by atoms with Crippen molar-refractivity contribution in [2.75, 3.05) is 6.61 Å². The van der Waals surface area contributed by atoms with E-state index in [1.54, 1.807) is 13.0 Å². The van der Waals surface area contributed by atoms with Crippen LogP contribution in [-0.4, -0.2) is 66.6 Å². The molecule has 0 bridgehead atoms. The van der Waals surface area contributed by atoms with Crippen LogP contribution in [-0.2, 0) is 33.3 Å². The van der Waals surface area contributed by atoms with Gasteiger partial charge < -0.3 is 30.0 Å². The van der Waals surface area contributed by atoms with Gasteiger partial charge in [-0.1, -0.05) is 30.7 Å². The Hall–Kier alpha value is -2.49. The molecule has 3 aliphatic rings. The topological polar surface area (TPSA) is 129 Å². The number of rotatable bonds is 10. The van der Waals surface area contributed by atoms with E-state index < -0.39 is 6.10 Å². The zero-order chi connectivity index (χ0) is 27.2. The van der Waals surface area contributed by atoms with Crippen LogP contribution in [0.1, 0.15) is 66.7 Å². The summed E-state index contributed by atoms with van der Waals surface area (Å²) < 4.78 is 23.0. The number of hydrogen-bond donors (Lipinski definition) is 2. The third-order valence-electron chi connectivity index (χ3n) is 7.18. The second-order valence-corrected chi connectivity index (χ2v) is 10.8. The quantitative estimate of drug-likeness (QED) is 0.197. The fourth-order valence-electron chi connectivity index (χ4n) is 5.10. The molecule has 2 amide bonds. The summed E-state index contributed by atoms with van der Waals surface area (Å²) in [5, 5.41) is 3.01. The summed E-state index contributed by atoms with van der Waals surface area (Å²) in [5.41, 5.74) is 6.32. The largest absolute Gasteiger partial charge is 0.459 e. The summed E-state index contributed by atoms with van der Waals surface area (Å²) in [6.07, 6.45) is 11.7. The van der Waals surface area contributed by atoms with E-state index in [9.17, 15) is 14.4 Å². The number of ether oxygens (including phenoxy) is 4. The molecule has 8 unspecified atom stereocenters. The Balaban J connectivity index is 1.46. The van der Waals surface area contributed by atoms with E-state index in [-0.39, 0.29) is 66.2 Å². The Bertz CT molecular complexity index is 923. The summed E-state index contributed by atoms with van der Waals surface area (Å²) in [6, 6.07) is -0.0915. The minimum absolute atomic E-state index is 0.0556. The standard InChI is InChI=1S/C28H42N2O7/c1-17(6-9-22-14-28(16-34-28)15-23(37-22)13-26(29)32)7-10-25-18(2)12-24(20(4)36-25)30-27(33)11-8-19(3)35-21(5)31/h6-9,11,18-20,22-25H,10,12-16H2,1-5H3,(H2,29,32)(H,30,33). The minimum Gasteiger partial charge on any atom is -0.459 e. The molecule has 3 aliphatic heterocycles. The molecule has 0 aromatic rings. The molecule has 1 spiro atoms. The molecule has 206 valence electrons. The SMILES string of the molecule is CC(=O)OC(C)C=CC(=O)NC1CC(C)C(CC=C(C)C=CC2CC3(CO3)CC(CC(N)=O)O2)OC1C. The summed E-state index contributed by atoms with van der Waals surface area (Å²) in [4.78, 5) is 34.7. The minimum atomic E-state index is -0.458. The van der Waals surface area contributed by atoms with Crippen LogP contribution in [0.3, 0.4) is 0 Å². The van der Waals surface area contributed by atoms with E-state index in [4.69, 9.17) is 24.7 Å². The number of primary amides is 1. The van der Waals surface area contributed by atoms with Crippen LogP contribution in [0, 0.1) is 5.92 Å². The van der Waals surface area contributed by atoms with Crippen LogP contribution in [0.4, 0.5) is 0 Å². The van der Waals surface area contributed by atoms with Crippen LogP contribution in [0.15, 0.2) is 36.0 Å². The van der Waals surface area contributed by atoms with Gasteiger partial charge in [0.15, 0.2) is 0 Å². The van der Waals surface area contributed by atoms with E-state index in [0.29, 0.717) is 6.61 Å². The van der Waals surface area contributed by atoms with Crippen molar-refractivity contribution in [1.29, 1.82) is 0 Å². The lowest BCUT2D eigenvalue weighted by Gasteiger charge is -2.39. The monoisotopic (exact) mass is 518 g/mol. The fraction of sp³-hybridized carbons (Fsp3) is 0.679. The van der Waals surface area contributed by atoms with Gasteiger partial charge in [0.05, 0.1) is 49.1 Å². The maximum absolute atomic E-state index is 12.3. The van der Waals surface area contributed by atoms with E-state index in [2.05, 4.69) is 24.4 Å². The molecule has 9 heteroatoms. The van der Waals surface area contributed by atoms with Crippen molar-refractivity contribution in [2.24, 2.45) is 11.7 Å². The van der Waals surface area contributed by atoms with Gasteiger partial charge in [0.2, 0.25) is 11.8 Å². The van der Waals surface area contributed by atoms with Gasteiger partial charge in [-0.05, 0) is 45.6 Å². The van der Waals surface area contributed by atoms with Crippen LogP contribution in [0.25, 0.3) is 0 Å². The van der Waals surface area contributed by atoms with Gasteiger partial charge in [-0.15, -0.1) is 0 Å². The third-order valence-corrected chi connectivity index (χ3v) is 7.18. The Morgan fingerprint density at radius 1 is 1.16 bits per heavy atom. The number of nitrogens with two attached hydrogens (primary N) is 1. The van der Waals surface area contributed by atoms with E-state index >= 15 is 0 Å². The zero-order valence-electron chi connectivity index (χ0n) is 22.6. The van der Waals surface area contributed by atoms with Crippen LogP contribution in [0.2, 0.25) is 0 Å². The van der Waals surface area contributed by atoms with Crippen molar-refractivity contribution in [3.8, 4) is 0 Å². The van der Waals surface area contributed by atoms with Gasteiger partial charge in [-0.3, -0.25) is 14.4 Å². The van der Waals surface area contributed by atoms with Crippen LogP contribution < -0.4 is 11.1 Å². The first-order valence-electron chi connectivity index (χ1n) is 13.2. The first kappa shape index (κ1) is 29.1. The smallest absolute Gasteiger partial charge is 0.303 e. The number of carbonyl (C=O) groups excluding carboxylic acids is 3. The highest BCUT2D eigenvalue weighted by Crippen LogP contribution is 2.43. The number of nitrogens with one attached hydrogen (secondary N) is 1. The number of carbonyl (C=O) groups is 3. The van der Waals surface area contributed by atoms with Crippen molar-refractivity contribution < 1.29 is 33.3 Å². The second-order valence-electron chi connectivity index (χ2n) is 10.8. The predicted molar refractivity (Wildman–Crippen MR) is 138 cm³/mol. The molecule has 3 saturated heterocycles. The zero-order valence-corrected chi connectivity index (χ0v) is 22.6. The molecule has 0 aromatic heterocycles. The van der Waals surface area contributed by atoms with E-state index in [1.165, 1.54) is 13.0 Å². The molecule has 0 aliphatic carbocycles. The van der Waals surface area contributed by atoms with Crippen molar-refractivity contribution >= 4 is 17.8 Å². The molecule has 3 N–H and O–H groups in total. The van der Waals surface area contributed by atoms with Crippen molar-refractivity contribution in [1.82, 2.24) is 5.32 Å². The Morgan fingerprint density at radius 2 is 1.89 bits per heavy atom. The Morgan fingerprint density at radius 3 is 2.54 bits per heavy atom.